The molecule has 102 valence electrons. The average molecular weight is 327 g/mol. The van der Waals surface area contributed by atoms with E-state index in [2.05, 4.69) is 15.9 Å². The minimum absolute atomic E-state index is 0.353. The van der Waals surface area contributed by atoms with E-state index in [1.165, 1.54) is 0 Å². The maximum absolute atomic E-state index is 12.0. The lowest BCUT2D eigenvalue weighted by Gasteiger charge is -2.16. The van der Waals surface area contributed by atoms with Gasteiger partial charge < -0.3 is 9.84 Å². The van der Waals surface area contributed by atoms with Gasteiger partial charge in [-0.2, -0.15) is 0 Å². The Morgan fingerprint density at radius 3 is 2.32 bits per heavy atom. The number of hydrogen-bond donors (Lipinski definition) is 1. The van der Waals surface area contributed by atoms with E-state index in [0.717, 1.165) is 21.2 Å². The van der Waals surface area contributed by atoms with Gasteiger partial charge in [0.1, 0.15) is 5.75 Å². The molecule has 0 atom stereocenters. The third kappa shape index (κ3) is 2.27. The zero-order chi connectivity index (χ0) is 14.4. The predicted molar refractivity (Wildman–Crippen MR) is 73.3 cm³/mol. The number of carbonyl (C=O) groups is 2. The van der Waals surface area contributed by atoms with E-state index in [1.54, 1.807) is 0 Å². The van der Waals surface area contributed by atoms with Crippen molar-refractivity contribution < 1.29 is 19.4 Å². The van der Waals surface area contributed by atoms with Crippen molar-refractivity contribution in [1.82, 2.24) is 0 Å². The third-order valence-electron chi connectivity index (χ3n) is 3.55. The maximum atomic E-state index is 12.0. The van der Waals surface area contributed by atoms with Gasteiger partial charge in [-0.25, -0.2) is 0 Å². The van der Waals surface area contributed by atoms with Crippen molar-refractivity contribution in [1.29, 1.82) is 0 Å². The van der Waals surface area contributed by atoms with Gasteiger partial charge in [0, 0.05) is 10.0 Å². The van der Waals surface area contributed by atoms with E-state index >= 15 is 0 Å². The first-order chi connectivity index (χ1) is 8.79. The molecule has 0 saturated heterocycles. The van der Waals surface area contributed by atoms with Crippen molar-refractivity contribution in [2.24, 2.45) is 5.41 Å². The smallest absolute Gasteiger partial charge is 0.328 e. The van der Waals surface area contributed by atoms with Gasteiger partial charge in [-0.05, 0) is 44.7 Å². The molecule has 19 heavy (non-hydrogen) atoms. The van der Waals surface area contributed by atoms with Gasteiger partial charge in [0.25, 0.3) is 0 Å². The monoisotopic (exact) mass is 326 g/mol. The molecular weight excluding hydrogens is 312 g/mol. The van der Waals surface area contributed by atoms with E-state index < -0.39 is 17.4 Å². The summed E-state index contributed by atoms with van der Waals surface area (Å²) in [5.41, 5.74) is 1.37. The summed E-state index contributed by atoms with van der Waals surface area (Å²) in [5, 5.41) is 9.08. The minimum Gasteiger partial charge on any atom is -0.480 e. The maximum Gasteiger partial charge on any atom is 0.328 e. The molecule has 4 nitrogen and oxygen atoms in total. The van der Waals surface area contributed by atoms with Gasteiger partial charge in [0.2, 0.25) is 0 Å². The molecule has 1 fully saturated rings. The fraction of sp³-hybridized carbons (Fsp3) is 0.429. The second-order valence-corrected chi connectivity index (χ2v) is 5.85. The van der Waals surface area contributed by atoms with Gasteiger partial charge in [-0.15, -0.1) is 0 Å². The van der Waals surface area contributed by atoms with E-state index in [1.807, 2.05) is 26.8 Å². The van der Waals surface area contributed by atoms with Gasteiger partial charge in [-0.3, -0.25) is 9.59 Å². The van der Waals surface area contributed by atoms with Crippen LogP contribution in [0.15, 0.2) is 10.5 Å². The van der Waals surface area contributed by atoms with E-state index in [0.29, 0.717) is 18.6 Å². The quantitative estimate of drug-likeness (QED) is 0.526. The number of carboxylic acid groups (broad SMARTS) is 1. The first-order valence-corrected chi connectivity index (χ1v) is 6.81. The normalized spacial score (nSPS) is 16.0. The summed E-state index contributed by atoms with van der Waals surface area (Å²) in [6.07, 6.45) is 0.707. The van der Waals surface area contributed by atoms with Crippen molar-refractivity contribution >= 4 is 27.9 Å². The molecule has 0 unspecified atom stereocenters. The van der Waals surface area contributed by atoms with Crippen LogP contribution in [0, 0.1) is 26.2 Å². The van der Waals surface area contributed by atoms with Crippen molar-refractivity contribution in [2.45, 2.75) is 33.6 Å². The Hall–Kier alpha value is -1.36. The summed E-state index contributed by atoms with van der Waals surface area (Å²) in [6.45, 7) is 5.64. The highest BCUT2D eigenvalue weighted by atomic mass is 79.9. The SMILES string of the molecule is Cc1cc(C)c(OC(=O)C2(C(=O)O)CC2)c(C)c1Br. The summed E-state index contributed by atoms with van der Waals surface area (Å²) < 4.78 is 6.23. The highest BCUT2D eigenvalue weighted by Gasteiger charge is 2.59. The van der Waals surface area contributed by atoms with Crippen LogP contribution in [0.2, 0.25) is 0 Å². The van der Waals surface area contributed by atoms with Crippen LogP contribution >= 0.6 is 15.9 Å². The summed E-state index contributed by atoms with van der Waals surface area (Å²) in [6, 6.07) is 1.90. The molecule has 5 heteroatoms. The number of hydrogen-bond acceptors (Lipinski definition) is 3. The second kappa shape index (κ2) is 4.63. The Bertz CT molecular complexity index is 573. The molecule has 0 aromatic heterocycles. The van der Waals surface area contributed by atoms with E-state index in [9.17, 15) is 9.59 Å². The molecule has 1 aliphatic rings. The number of carboxylic acids is 1. The number of carbonyl (C=O) groups excluding carboxylic acids is 1. The summed E-state index contributed by atoms with van der Waals surface area (Å²) >= 11 is 3.44. The molecule has 0 aliphatic heterocycles. The Balaban J connectivity index is 2.33. The first-order valence-electron chi connectivity index (χ1n) is 6.01. The lowest BCUT2D eigenvalue weighted by molar-refractivity contribution is -0.155. The molecule has 0 bridgehead atoms. The molecule has 1 saturated carbocycles. The van der Waals surface area contributed by atoms with Crippen molar-refractivity contribution in [3.8, 4) is 5.75 Å². The van der Waals surface area contributed by atoms with E-state index in [4.69, 9.17) is 9.84 Å². The minimum atomic E-state index is -1.32. The number of ether oxygens (including phenoxy) is 1. The Morgan fingerprint density at radius 2 is 1.84 bits per heavy atom. The molecule has 2 rings (SSSR count). The fourth-order valence-corrected chi connectivity index (χ4v) is 2.42. The Kier molecular flexibility index (Phi) is 3.43. The topological polar surface area (TPSA) is 63.6 Å². The number of benzene rings is 1. The van der Waals surface area contributed by atoms with Gasteiger partial charge in [0.05, 0.1) is 0 Å². The van der Waals surface area contributed by atoms with Gasteiger partial charge in [-0.1, -0.05) is 22.0 Å². The lowest BCUT2D eigenvalue weighted by atomic mass is 10.1. The van der Waals surface area contributed by atoms with Crippen LogP contribution in [-0.2, 0) is 9.59 Å². The second-order valence-electron chi connectivity index (χ2n) is 5.06. The number of aryl methyl sites for hydroxylation is 2. The molecule has 1 aromatic carbocycles. The molecule has 1 N–H and O–H groups in total. The van der Waals surface area contributed by atoms with Gasteiger partial charge >= 0.3 is 11.9 Å². The van der Waals surface area contributed by atoms with E-state index in [-0.39, 0.29) is 0 Å². The fourth-order valence-electron chi connectivity index (χ4n) is 2.12. The summed E-state index contributed by atoms with van der Waals surface area (Å²) in [4.78, 5) is 23.1. The average Bonchev–Trinajstić information content (AvgIpc) is 3.13. The van der Waals surface area contributed by atoms with Crippen LogP contribution in [-0.4, -0.2) is 17.0 Å². The zero-order valence-corrected chi connectivity index (χ0v) is 12.6. The van der Waals surface area contributed by atoms with Crippen LogP contribution in [0.3, 0.4) is 0 Å². The van der Waals surface area contributed by atoms with Crippen molar-refractivity contribution in [3.05, 3.63) is 27.2 Å². The molecule has 0 heterocycles. The third-order valence-corrected chi connectivity index (χ3v) is 4.77. The van der Waals surface area contributed by atoms with Gasteiger partial charge in [0.15, 0.2) is 5.41 Å². The zero-order valence-electron chi connectivity index (χ0n) is 11.0. The molecule has 0 spiro atoms. The lowest BCUT2D eigenvalue weighted by Crippen LogP contribution is -2.30. The Labute approximate surface area is 119 Å². The number of rotatable bonds is 3. The van der Waals surface area contributed by atoms with Crippen molar-refractivity contribution in [2.75, 3.05) is 0 Å². The molecule has 0 amide bonds. The van der Waals surface area contributed by atoms with Crippen molar-refractivity contribution in [3.63, 3.8) is 0 Å². The van der Waals surface area contributed by atoms with Crippen LogP contribution in [0.1, 0.15) is 29.5 Å². The molecule has 1 aliphatic carbocycles. The first kappa shape index (κ1) is 14.1. The Morgan fingerprint density at radius 1 is 1.26 bits per heavy atom. The number of aliphatic carboxylic acids is 1. The molecule has 0 radical (unpaired) electrons. The number of halogens is 1. The highest BCUT2D eigenvalue weighted by molar-refractivity contribution is 9.10. The van der Waals surface area contributed by atoms with Crippen LogP contribution in [0.4, 0.5) is 0 Å². The number of esters is 1. The predicted octanol–water partition coefficient (Wildman–Crippen LogP) is 3.14. The van der Waals surface area contributed by atoms with Crippen LogP contribution in [0.25, 0.3) is 0 Å². The van der Waals surface area contributed by atoms with Crippen LogP contribution in [0.5, 0.6) is 5.75 Å². The summed E-state index contributed by atoms with van der Waals surface area (Å²) in [5.74, 6) is -1.31. The largest absolute Gasteiger partial charge is 0.480 e. The standard InChI is InChI=1S/C14H15BrO4/c1-7-6-8(2)11(9(3)10(7)15)19-13(18)14(4-5-14)12(16)17/h6H,4-5H2,1-3H3,(H,16,17). The highest BCUT2D eigenvalue weighted by Crippen LogP contribution is 2.47. The van der Waals surface area contributed by atoms with Crippen LogP contribution < -0.4 is 4.74 Å². The molecule has 1 aromatic rings. The summed E-state index contributed by atoms with van der Waals surface area (Å²) in [7, 11) is 0. The molecular formula is C14H15BrO4.